The van der Waals surface area contributed by atoms with Gasteiger partial charge in [0.05, 0.1) is 6.54 Å². The van der Waals surface area contributed by atoms with Crippen LogP contribution in [0.5, 0.6) is 5.75 Å². The van der Waals surface area contributed by atoms with Crippen LogP contribution in [0.25, 0.3) is 0 Å². The zero-order chi connectivity index (χ0) is 20.8. The lowest BCUT2D eigenvalue weighted by Gasteiger charge is -2.34. The maximum atomic E-state index is 12.9. The molecule has 0 aliphatic carbocycles. The number of piperazine rings is 1. The van der Waals surface area contributed by atoms with Crippen molar-refractivity contribution in [1.29, 1.82) is 0 Å². The average Bonchev–Trinajstić information content (AvgIpc) is 2.70. The van der Waals surface area contributed by atoms with Gasteiger partial charge in [0, 0.05) is 44.4 Å². The Morgan fingerprint density at radius 3 is 2.17 bits per heavy atom. The van der Waals surface area contributed by atoms with Crippen molar-refractivity contribution in [2.75, 3.05) is 38.0 Å². The molecule has 8 heteroatoms. The van der Waals surface area contributed by atoms with Crippen molar-refractivity contribution in [3.8, 4) is 5.75 Å². The molecule has 1 aliphatic rings. The van der Waals surface area contributed by atoms with Gasteiger partial charge in [-0.2, -0.15) is 0 Å². The van der Waals surface area contributed by atoms with Crippen molar-refractivity contribution >= 4 is 23.5 Å². The number of anilines is 1. The molecule has 1 N–H and O–H groups in total. The Morgan fingerprint density at radius 2 is 1.59 bits per heavy atom. The molecule has 1 aliphatic heterocycles. The first-order valence-corrected chi connectivity index (χ1v) is 9.26. The maximum Gasteiger partial charge on any atom is 0.308 e. The molecule has 2 aromatic carbocycles. The summed E-state index contributed by atoms with van der Waals surface area (Å²) in [7, 11) is 0. The third-order valence-electron chi connectivity index (χ3n) is 4.52. The Kier molecular flexibility index (Phi) is 6.56. The number of carbonyl (C=O) groups excluding carboxylic acids is 3. The lowest BCUT2D eigenvalue weighted by Crippen LogP contribution is -2.50. The number of ether oxygens (including phenoxy) is 1. The first-order valence-electron chi connectivity index (χ1n) is 9.26. The van der Waals surface area contributed by atoms with E-state index in [1.54, 1.807) is 29.2 Å². The Balaban J connectivity index is 1.47. The van der Waals surface area contributed by atoms with Gasteiger partial charge in [-0.1, -0.05) is 0 Å². The quantitative estimate of drug-likeness (QED) is 0.616. The number of nitrogens with zero attached hydrogens (tertiary/aromatic N) is 2. The highest BCUT2D eigenvalue weighted by Crippen LogP contribution is 2.15. The van der Waals surface area contributed by atoms with Crippen LogP contribution in [0.2, 0.25) is 0 Å². The minimum absolute atomic E-state index is 0.102. The van der Waals surface area contributed by atoms with E-state index in [9.17, 15) is 18.8 Å². The van der Waals surface area contributed by atoms with E-state index < -0.39 is 5.97 Å². The van der Waals surface area contributed by atoms with E-state index in [-0.39, 0.29) is 24.2 Å². The third kappa shape index (κ3) is 5.86. The fraction of sp³-hybridized carbons (Fsp3) is 0.286. The molecule has 0 radical (unpaired) electrons. The molecule has 29 heavy (non-hydrogen) atoms. The molecule has 152 valence electrons. The van der Waals surface area contributed by atoms with Crippen LogP contribution in [0.3, 0.4) is 0 Å². The molecular formula is C21H22FN3O4. The van der Waals surface area contributed by atoms with Gasteiger partial charge in [0.1, 0.15) is 11.6 Å². The topological polar surface area (TPSA) is 79.0 Å². The molecular weight excluding hydrogens is 377 g/mol. The number of halogens is 1. The van der Waals surface area contributed by atoms with Crippen molar-refractivity contribution in [3.63, 3.8) is 0 Å². The zero-order valence-electron chi connectivity index (χ0n) is 16.1. The van der Waals surface area contributed by atoms with Crippen molar-refractivity contribution in [1.82, 2.24) is 9.80 Å². The van der Waals surface area contributed by atoms with E-state index in [1.807, 2.05) is 4.90 Å². The lowest BCUT2D eigenvalue weighted by atomic mass is 10.1. The largest absolute Gasteiger partial charge is 0.427 e. The van der Waals surface area contributed by atoms with Crippen LogP contribution < -0.4 is 10.1 Å². The van der Waals surface area contributed by atoms with Crippen molar-refractivity contribution in [2.45, 2.75) is 6.92 Å². The van der Waals surface area contributed by atoms with E-state index in [0.717, 1.165) is 0 Å². The summed E-state index contributed by atoms with van der Waals surface area (Å²) in [5.74, 6) is -0.660. The molecule has 3 rings (SSSR count). The summed E-state index contributed by atoms with van der Waals surface area (Å²) in [6, 6.07) is 12.0. The van der Waals surface area contributed by atoms with Crippen molar-refractivity contribution < 1.29 is 23.5 Å². The number of rotatable bonds is 5. The number of hydrogen-bond donors (Lipinski definition) is 1. The predicted molar refractivity (Wildman–Crippen MR) is 105 cm³/mol. The Labute approximate surface area is 168 Å². The van der Waals surface area contributed by atoms with Gasteiger partial charge >= 0.3 is 5.97 Å². The fourth-order valence-corrected chi connectivity index (χ4v) is 3.06. The zero-order valence-corrected chi connectivity index (χ0v) is 16.1. The fourth-order valence-electron chi connectivity index (χ4n) is 3.06. The third-order valence-corrected chi connectivity index (χ3v) is 4.52. The smallest absolute Gasteiger partial charge is 0.308 e. The Hall–Kier alpha value is -3.26. The van der Waals surface area contributed by atoms with E-state index >= 15 is 0 Å². The Bertz CT molecular complexity index is 876. The highest BCUT2D eigenvalue weighted by Gasteiger charge is 2.23. The van der Waals surface area contributed by atoms with Crippen LogP contribution in [-0.2, 0) is 9.59 Å². The molecule has 0 aromatic heterocycles. The highest BCUT2D eigenvalue weighted by atomic mass is 19.1. The summed E-state index contributed by atoms with van der Waals surface area (Å²) in [5, 5.41) is 2.73. The van der Waals surface area contributed by atoms with Gasteiger partial charge in [-0.15, -0.1) is 0 Å². The average molecular weight is 399 g/mol. The summed E-state index contributed by atoms with van der Waals surface area (Å²) in [4.78, 5) is 39.4. The van der Waals surface area contributed by atoms with E-state index in [1.165, 1.54) is 31.2 Å². The molecule has 7 nitrogen and oxygen atoms in total. The molecule has 1 heterocycles. The van der Waals surface area contributed by atoms with Crippen LogP contribution in [0.4, 0.5) is 10.1 Å². The molecule has 0 atom stereocenters. The van der Waals surface area contributed by atoms with Crippen LogP contribution in [-0.4, -0.2) is 60.3 Å². The second kappa shape index (κ2) is 9.29. The number of benzene rings is 2. The Morgan fingerprint density at radius 1 is 0.966 bits per heavy atom. The van der Waals surface area contributed by atoms with Gasteiger partial charge in [-0.3, -0.25) is 19.3 Å². The summed E-state index contributed by atoms with van der Waals surface area (Å²) in [6.07, 6.45) is 0. The van der Waals surface area contributed by atoms with Crippen LogP contribution in [0, 0.1) is 5.82 Å². The van der Waals surface area contributed by atoms with Gasteiger partial charge in [-0.25, -0.2) is 4.39 Å². The number of esters is 1. The molecule has 0 spiro atoms. The molecule has 2 amide bonds. The minimum atomic E-state index is -0.413. The van der Waals surface area contributed by atoms with E-state index in [2.05, 4.69) is 5.32 Å². The second-order valence-corrected chi connectivity index (χ2v) is 6.74. The van der Waals surface area contributed by atoms with E-state index in [4.69, 9.17) is 4.74 Å². The van der Waals surface area contributed by atoms with Gasteiger partial charge in [0.15, 0.2) is 0 Å². The highest BCUT2D eigenvalue weighted by molar-refractivity contribution is 5.94. The summed E-state index contributed by atoms with van der Waals surface area (Å²) in [6.45, 7) is 3.69. The van der Waals surface area contributed by atoms with E-state index in [0.29, 0.717) is 43.2 Å². The molecule has 1 saturated heterocycles. The van der Waals surface area contributed by atoms with Crippen LogP contribution in [0.1, 0.15) is 17.3 Å². The number of carbonyl (C=O) groups is 3. The maximum absolute atomic E-state index is 12.9. The van der Waals surface area contributed by atoms with Gasteiger partial charge in [-0.05, 0) is 48.5 Å². The van der Waals surface area contributed by atoms with Gasteiger partial charge in [0.25, 0.3) is 5.91 Å². The number of nitrogens with one attached hydrogen (secondary N) is 1. The first-order chi connectivity index (χ1) is 13.9. The second-order valence-electron chi connectivity index (χ2n) is 6.74. The molecule has 0 saturated carbocycles. The van der Waals surface area contributed by atoms with Crippen LogP contribution >= 0.6 is 0 Å². The van der Waals surface area contributed by atoms with Crippen molar-refractivity contribution in [2.24, 2.45) is 0 Å². The molecule has 0 unspecified atom stereocenters. The van der Waals surface area contributed by atoms with Gasteiger partial charge in [0.2, 0.25) is 5.91 Å². The van der Waals surface area contributed by atoms with Gasteiger partial charge < -0.3 is 15.0 Å². The SMILES string of the molecule is CC(=O)Oc1ccc(C(=O)N2CCN(CC(=O)Nc3ccc(F)cc3)CC2)cc1. The first kappa shape index (κ1) is 20.5. The summed E-state index contributed by atoms with van der Waals surface area (Å²) >= 11 is 0. The lowest BCUT2D eigenvalue weighted by molar-refractivity contribution is -0.131. The number of hydrogen-bond acceptors (Lipinski definition) is 5. The summed E-state index contributed by atoms with van der Waals surface area (Å²) < 4.78 is 17.9. The van der Waals surface area contributed by atoms with Crippen LogP contribution in [0.15, 0.2) is 48.5 Å². The van der Waals surface area contributed by atoms with Crippen molar-refractivity contribution in [3.05, 3.63) is 59.9 Å². The minimum Gasteiger partial charge on any atom is -0.427 e. The monoisotopic (exact) mass is 399 g/mol. The molecule has 2 aromatic rings. The molecule has 0 bridgehead atoms. The number of amides is 2. The normalized spacial score (nSPS) is 14.3. The standard InChI is InChI=1S/C21H22FN3O4/c1-15(26)29-19-8-2-16(3-9-19)21(28)25-12-10-24(11-13-25)14-20(27)23-18-6-4-17(22)5-7-18/h2-9H,10-14H2,1H3,(H,23,27). The molecule has 1 fully saturated rings. The summed E-state index contributed by atoms with van der Waals surface area (Å²) in [5.41, 5.74) is 1.06. The predicted octanol–water partition coefficient (Wildman–Crippen LogP) is 2.15.